The number of benzene rings is 1. The number of likely N-dealkylation sites (tertiary alicyclic amines) is 1. The first-order valence-corrected chi connectivity index (χ1v) is 16.0. The highest BCUT2D eigenvalue weighted by atomic mass is 19.1. The average Bonchev–Trinajstić information content (AvgIpc) is 3.36. The molecule has 0 aliphatic carbocycles. The van der Waals surface area contributed by atoms with Crippen LogP contribution >= 0.6 is 0 Å². The van der Waals surface area contributed by atoms with Crippen molar-refractivity contribution in [1.82, 2.24) is 39.2 Å². The minimum Gasteiger partial charge on any atom is -0.338 e. The fourth-order valence-corrected chi connectivity index (χ4v) is 6.85. The maximum absolute atomic E-state index is 15.1. The number of carbonyl (C=O) groups is 1. The third-order valence-corrected chi connectivity index (χ3v) is 9.63. The van der Waals surface area contributed by atoms with E-state index in [1.165, 1.54) is 6.07 Å². The third-order valence-electron chi connectivity index (χ3n) is 9.63. The van der Waals surface area contributed by atoms with E-state index in [0.717, 1.165) is 38.7 Å². The lowest BCUT2D eigenvalue weighted by molar-refractivity contribution is 0.000551. The van der Waals surface area contributed by atoms with Gasteiger partial charge in [-0.25, -0.2) is 28.7 Å². The molecule has 0 unspecified atom stereocenters. The number of hydrogen-bond donors (Lipinski definition) is 1. The van der Waals surface area contributed by atoms with Crippen LogP contribution in [0.25, 0.3) is 22.3 Å². The second-order valence-electron chi connectivity index (χ2n) is 13.5. The second-order valence-corrected chi connectivity index (χ2v) is 13.5. The van der Waals surface area contributed by atoms with Gasteiger partial charge >= 0.3 is 0 Å². The molecule has 0 radical (unpaired) electrons. The van der Waals surface area contributed by atoms with Crippen molar-refractivity contribution in [2.75, 3.05) is 45.1 Å². The fraction of sp³-hybridized carbons (Fsp3) is 0.500. The lowest BCUT2D eigenvalue weighted by atomic mass is 9.95. The van der Waals surface area contributed by atoms with Gasteiger partial charge in [-0.3, -0.25) is 14.6 Å². The van der Waals surface area contributed by atoms with Crippen LogP contribution in [0.3, 0.4) is 0 Å². The summed E-state index contributed by atoms with van der Waals surface area (Å²) in [5.41, 5.74) is 2.31. The predicted octanol–water partition coefficient (Wildman–Crippen LogP) is 5.74. The van der Waals surface area contributed by atoms with E-state index in [2.05, 4.69) is 55.9 Å². The molecule has 6 rings (SSSR count). The van der Waals surface area contributed by atoms with Crippen LogP contribution in [0.4, 0.5) is 20.5 Å². The summed E-state index contributed by atoms with van der Waals surface area (Å²) in [7, 11) is 2.19. The third kappa shape index (κ3) is 6.07. The number of fused-ring (bicyclic) bond motifs is 1. The molecule has 4 aromatic rings. The lowest BCUT2D eigenvalue weighted by Gasteiger charge is -2.49. The topological polar surface area (TPSA) is 95.3 Å². The maximum Gasteiger partial charge on any atom is 0.255 e. The van der Waals surface area contributed by atoms with Crippen molar-refractivity contribution in [3.05, 3.63) is 59.2 Å². The van der Waals surface area contributed by atoms with E-state index in [1.807, 2.05) is 30.2 Å². The number of carbonyl (C=O) groups excluding carboxylic acids is 1. The van der Waals surface area contributed by atoms with Crippen molar-refractivity contribution in [3.63, 3.8) is 0 Å². The van der Waals surface area contributed by atoms with Gasteiger partial charge in [0.2, 0.25) is 5.95 Å². The van der Waals surface area contributed by atoms with E-state index in [-0.39, 0.29) is 40.2 Å². The number of halogens is 2. The molecule has 2 aliphatic heterocycles. The predicted molar refractivity (Wildman–Crippen MR) is 175 cm³/mol. The molecule has 46 heavy (non-hydrogen) atoms. The Labute approximate surface area is 268 Å². The van der Waals surface area contributed by atoms with E-state index in [4.69, 9.17) is 0 Å². The van der Waals surface area contributed by atoms with Gasteiger partial charge in [-0.05, 0) is 85.7 Å². The smallest absolute Gasteiger partial charge is 0.255 e. The maximum atomic E-state index is 15.1. The largest absolute Gasteiger partial charge is 0.338 e. The van der Waals surface area contributed by atoms with Crippen LogP contribution in [0, 0.1) is 25.5 Å². The minimum atomic E-state index is -0.679. The molecule has 10 nitrogen and oxygen atoms in total. The van der Waals surface area contributed by atoms with E-state index in [1.54, 1.807) is 25.1 Å². The number of hydrogen-bond acceptors (Lipinski definition) is 8. The second kappa shape index (κ2) is 12.3. The van der Waals surface area contributed by atoms with Gasteiger partial charge in [0.15, 0.2) is 11.6 Å². The first-order valence-electron chi connectivity index (χ1n) is 16.0. The highest BCUT2D eigenvalue weighted by Crippen LogP contribution is 2.31. The Morgan fingerprint density at radius 3 is 2.41 bits per heavy atom. The quantitative estimate of drug-likeness (QED) is 0.288. The fourth-order valence-electron chi connectivity index (χ4n) is 6.85. The molecule has 0 spiro atoms. The van der Waals surface area contributed by atoms with Gasteiger partial charge in [0.05, 0.1) is 23.0 Å². The zero-order valence-corrected chi connectivity index (χ0v) is 27.7. The summed E-state index contributed by atoms with van der Waals surface area (Å²) in [6.45, 7) is 16.7. The Kier molecular flexibility index (Phi) is 8.53. The van der Waals surface area contributed by atoms with Crippen molar-refractivity contribution in [2.45, 2.75) is 72.0 Å². The molecule has 3 aromatic heterocycles. The normalized spacial score (nSPS) is 18.1. The van der Waals surface area contributed by atoms with Crippen molar-refractivity contribution < 1.29 is 13.6 Å². The standard InChI is InChI=1S/C34H43F2N9O/c1-20(2)45-22(4)39-31-26(35)16-23(17-28(31)45)30-27(36)18-37-33(41-30)40-29-9-8-25(21(3)38-29)32(46)43-12-10-24(11-13-43)44-15-14-42(7)34(5,6)19-44/h8-9,16-18,20,24H,10-15,19H2,1-7H3,(H,37,38,40,41). The molecule has 1 N–H and O–H groups in total. The van der Waals surface area contributed by atoms with Crippen molar-refractivity contribution >= 4 is 28.7 Å². The molecule has 5 heterocycles. The molecule has 1 aromatic carbocycles. The Balaban J connectivity index is 1.15. The number of aryl methyl sites for hydroxylation is 2. The van der Waals surface area contributed by atoms with E-state index in [0.29, 0.717) is 47.5 Å². The van der Waals surface area contributed by atoms with Gasteiger partial charge < -0.3 is 14.8 Å². The summed E-state index contributed by atoms with van der Waals surface area (Å²) in [5.74, 6) is -0.0605. The highest BCUT2D eigenvalue weighted by molar-refractivity contribution is 5.95. The summed E-state index contributed by atoms with van der Waals surface area (Å²) >= 11 is 0. The molecule has 2 fully saturated rings. The molecule has 2 saturated heterocycles. The van der Waals surface area contributed by atoms with E-state index in [9.17, 15) is 9.18 Å². The number of amides is 1. The first-order chi connectivity index (χ1) is 21.8. The zero-order valence-electron chi connectivity index (χ0n) is 27.7. The molecular weight excluding hydrogens is 588 g/mol. The van der Waals surface area contributed by atoms with Crippen LogP contribution in [-0.4, -0.2) is 96.5 Å². The molecule has 12 heteroatoms. The van der Waals surface area contributed by atoms with Gasteiger partial charge in [0.1, 0.15) is 22.9 Å². The van der Waals surface area contributed by atoms with Crippen LogP contribution in [-0.2, 0) is 0 Å². The number of nitrogens with zero attached hydrogens (tertiary/aromatic N) is 8. The van der Waals surface area contributed by atoms with Crippen molar-refractivity contribution in [3.8, 4) is 11.3 Å². The number of pyridine rings is 1. The first kappa shape index (κ1) is 31.9. The molecule has 244 valence electrons. The summed E-state index contributed by atoms with van der Waals surface area (Å²) in [4.78, 5) is 37.8. The van der Waals surface area contributed by atoms with Crippen LogP contribution in [0.5, 0.6) is 0 Å². The van der Waals surface area contributed by atoms with Gasteiger partial charge in [-0.2, -0.15) is 0 Å². The van der Waals surface area contributed by atoms with Crippen LogP contribution in [0.2, 0.25) is 0 Å². The number of likely N-dealkylation sites (N-methyl/N-ethyl adjacent to an activating group) is 1. The Hall–Kier alpha value is -4.03. The number of imidazole rings is 1. The zero-order chi connectivity index (χ0) is 32.9. The SMILES string of the molecule is Cc1nc(Nc2ncc(F)c(-c3cc(F)c4nc(C)n(C(C)C)c4c3)n2)ccc1C(=O)N1CCC(N2CCN(C)C(C)(C)C2)CC1. The Bertz CT molecular complexity index is 1780. The van der Waals surface area contributed by atoms with Gasteiger partial charge in [0, 0.05) is 55.9 Å². The summed E-state index contributed by atoms with van der Waals surface area (Å²) in [6.07, 6.45) is 2.96. The van der Waals surface area contributed by atoms with Crippen LogP contribution in [0.1, 0.15) is 68.5 Å². The minimum absolute atomic E-state index is 0.0256. The van der Waals surface area contributed by atoms with E-state index >= 15 is 4.39 Å². The van der Waals surface area contributed by atoms with Gasteiger partial charge in [-0.15, -0.1) is 0 Å². The molecule has 2 aliphatic rings. The molecule has 0 saturated carbocycles. The van der Waals surface area contributed by atoms with Crippen molar-refractivity contribution in [2.24, 2.45) is 0 Å². The molecular formula is C34H43F2N9O. The summed E-state index contributed by atoms with van der Waals surface area (Å²) in [6, 6.07) is 6.92. The van der Waals surface area contributed by atoms with E-state index < -0.39 is 11.6 Å². The molecule has 0 atom stereocenters. The summed E-state index contributed by atoms with van der Waals surface area (Å²) in [5, 5.41) is 3.02. The monoisotopic (exact) mass is 631 g/mol. The number of piperidine rings is 1. The number of aromatic nitrogens is 5. The Morgan fingerprint density at radius 1 is 1.00 bits per heavy atom. The van der Waals surface area contributed by atoms with Crippen LogP contribution < -0.4 is 5.32 Å². The number of rotatable bonds is 6. The van der Waals surface area contributed by atoms with Crippen LogP contribution in [0.15, 0.2) is 30.5 Å². The number of piperazine rings is 1. The lowest BCUT2D eigenvalue weighted by Crippen LogP contribution is -2.61. The highest BCUT2D eigenvalue weighted by Gasteiger charge is 2.36. The number of anilines is 2. The van der Waals surface area contributed by atoms with Gasteiger partial charge in [0.25, 0.3) is 5.91 Å². The summed E-state index contributed by atoms with van der Waals surface area (Å²) < 4.78 is 32.0. The average molecular weight is 632 g/mol. The number of nitrogens with one attached hydrogen (secondary N) is 1. The Morgan fingerprint density at radius 2 is 1.74 bits per heavy atom. The van der Waals surface area contributed by atoms with Crippen molar-refractivity contribution in [1.29, 1.82) is 0 Å². The van der Waals surface area contributed by atoms with Gasteiger partial charge in [-0.1, -0.05) is 0 Å². The molecule has 0 bridgehead atoms. The molecule has 1 amide bonds.